The van der Waals surface area contributed by atoms with Crippen LogP contribution in [0, 0.1) is 0 Å². The Kier molecular flexibility index (Phi) is 19.5. The van der Waals surface area contributed by atoms with E-state index in [2.05, 4.69) is 17.6 Å². The number of amides is 1. The highest BCUT2D eigenvalue weighted by Crippen LogP contribution is 2.53. The van der Waals surface area contributed by atoms with Crippen molar-refractivity contribution in [3.05, 3.63) is 0 Å². The minimum absolute atomic E-state index is 0.0260. The number of hydrogen-bond donors (Lipinski definition) is 4. The van der Waals surface area contributed by atoms with Gasteiger partial charge in [0.25, 0.3) is 0 Å². The first-order chi connectivity index (χ1) is 16.9. The standard InChI is InChI=1S/C22H42NO10PS2/c1-22(2,3)33-21(28)23-12-15-30-34(35,36)31-17-18(32-20(27)11-7-5-9-14-25)16-29-19(26)10-6-4-8-13-24/h18,24-25H,4-17H2,1-3H3,(H,23,28)(H,35,36). The Bertz CT molecular complexity index is 690. The Labute approximate surface area is 224 Å². The van der Waals surface area contributed by atoms with Crippen LogP contribution >= 0.6 is 17.9 Å². The van der Waals surface area contributed by atoms with Gasteiger partial charge in [-0.2, -0.15) is 0 Å². The molecule has 3 N–H and O–H groups in total. The molecule has 2 unspecified atom stereocenters. The lowest BCUT2D eigenvalue weighted by atomic mass is 10.2. The highest BCUT2D eigenvalue weighted by Gasteiger charge is 2.22. The van der Waals surface area contributed by atoms with Crippen LogP contribution in [0.3, 0.4) is 0 Å². The predicted octanol–water partition coefficient (Wildman–Crippen LogP) is 3.26. The molecular formula is C22H42NO10PS2. The van der Waals surface area contributed by atoms with Gasteiger partial charge in [-0.15, -0.1) is 0 Å². The molecule has 36 heavy (non-hydrogen) atoms. The van der Waals surface area contributed by atoms with Crippen molar-refractivity contribution in [2.45, 2.75) is 83.8 Å². The molecule has 0 aromatic heterocycles. The quantitative estimate of drug-likeness (QED) is 0.0557. The Hall–Kier alpha value is -0.950. The Balaban J connectivity index is 4.63. The van der Waals surface area contributed by atoms with Gasteiger partial charge in [0, 0.05) is 32.6 Å². The predicted molar refractivity (Wildman–Crippen MR) is 141 cm³/mol. The fourth-order valence-corrected chi connectivity index (χ4v) is 4.18. The average molecular weight is 576 g/mol. The van der Waals surface area contributed by atoms with E-state index in [1.54, 1.807) is 20.8 Å². The van der Waals surface area contributed by atoms with Crippen LogP contribution in [0.15, 0.2) is 0 Å². The number of thiol groups is 1. The zero-order valence-electron chi connectivity index (χ0n) is 21.4. The molecule has 0 aliphatic rings. The molecule has 0 aromatic carbocycles. The maximum absolute atomic E-state index is 12.2. The van der Waals surface area contributed by atoms with Gasteiger partial charge in [-0.05, 0) is 58.3 Å². The fraction of sp³-hybridized carbons (Fsp3) is 0.864. The third-order valence-electron chi connectivity index (χ3n) is 4.25. The van der Waals surface area contributed by atoms with Crippen molar-refractivity contribution in [1.82, 2.24) is 5.32 Å². The number of nitrogens with one attached hydrogen (secondary N) is 1. The van der Waals surface area contributed by atoms with E-state index in [4.69, 9.17) is 45.3 Å². The summed E-state index contributed by atoms with van der Waals surface area (Å²) >= 11 is 9.50. The van der Waals surface area contributed by atoms with E-state index >= 15 is 0 Å². The molecule has 212 valence electrons. The van der Waals surface area contributed by atoms with E-state index in [1.807, 2.05) is 0 Å². The summed E-state index contributed by atoms with van der Waals surface area (Å²) in [5, 5.41) is 20.2. The van der Waals surface area contributed by atoms with Gasteiger partial charge < -0.3 is 38.8 Å². The first-order valence-corrected chi connectivity index (χ1v) is 15.8. The lowest BCUT2D eigenvalue weighted by Gasteiger charge is -2.22. The summed E-state index contributed by atoms with van der Waals surface area (Å²) in [5.41, 5.74) is -3.67. The first-order valence-electron chi connectivity index (χ1n) is 12.0. The molecule has 0 radical (unpaired) electrons. The summed E-state index contributed by atoms with van der Waals surface area (Å²) in [6.45, 7) is 5.10. The van der Waals surface area contributed by atoms with E-state index in [-0.39, 0.29) is 52.4 Å². The van der Waals surface area contributed by atoms with Crippen LogP contribution < -0.4 is 5.32 Å². The number of hydrogen-bond acceptors (Lipinski definition) is 11. The molecule has 0 bridgehead atoms. The molecule has 0 heterocycles. The summed E-state index contributed by atoms with van der Waals surface area (Å²) in [5.74, 6) is -0.942. The molecule has 11 nitrogen and oxygen atoms in total. The lowest BCUT2D eigenvalue weighted by Crippen LogP contribution is -2.34. The molecular weight excluding hydrogens is 533 g/mol. The van der Waals surface area contributed by atoms with E-state index in [0.717, 1.165) is 0 Å². The Morgan fingerprint density at radius 2 is 1.50 bits per heavy atom. The fourth-order valence-electron chi connectivity index (χ4n) is 2.58. The number of alkyl carbamates (subject to hydrolysis) is 1. The number of unbranched alkanes of at least 4 members (excludes halogenated alkanes) is 4. The van der Waals surface area contributed by atoms with Gasteiger partial charge in [0.15, 0.2) is 6.10 Å². The van der Waals surface area contributed by atoms with Crippen molar-refractivity contribution < 1.29 is 47.9 Å². The van der Waals surface area contributed by atoms with Crippen molar-refractivity contribution in [3.8, 4) is 0 Å². The number of aliphatic hydroxyl groups excluding tert-OH is 2. The number of ether oxygens (including phenoxy) is 3. The minimum atomic E-state index is -3.04. The molecule has 2 atom stereocenters. The van der Waals surface area contributed by atoms with Gasteiger partial charge in [0.2, 0.25) is 5.69 Å². The molecule has 14 heteroatoms. The topological polar surface area (TPSA) is 150 Å². The third-order valence-corrected chi connectivity index (χ3v) is 6.56. The van der Waals surface area contributed by atoms with Gasteiger partial charge in [0.1, 0.15) is 12.2 Å². The van der Waals surface area contributed by atoms with Crippen LogP contribution in [-0.4, -0.2) is 79.5 Å². The summed E-state index contributed by atoms with van der Waals surface area (Å²) in [6.07, 6.45) is 2.53. The van der Waals surface area contributed by atoms with Crippen LogP contribution in [0.25, 0.3) is 0 Å². The SMILES string of the molecule is CC(C)(C)OC(=O)NCCOP(=S)(S)OCC(COC(=O)CCCCCO)OC(=O)CCCCCO. The molecule has 0 spiro atoms. The monoisotopic (exact) mass is 575 g/mol. The molecule has 0 fully saturated rings. The minimum Gasteiger partial charge on any atom is -0.462 e. The van der Waals surface area contributed by atoms with Gasteiger partial charge in [-0.1, -0.05) is 25.1 Å². The zero-order valence-corrected chi connectivity index (χ0v) is 24.0. The smallest absolute Gasteiger partial charge is 0.407 e. The molecule has 0 aromatic rings. The van der Waals surface area contributed by atoms with Crippen molar-refractivity contribution in [3.63, 3.8) is 0 Å². The maximum atomic E-state index is 12.2. The van der Waals surface area contributed by atoms with Crippen molar-refractivity contribution >= 4 is 47.8 Å². The van der Waals surface area contributed by atoms with Crippen molar-refractivity contribution in [2.75, 3.05) is 39.6 Å². The van der Waals surface area contributed by atoms with Gasteiger partial charge in [-0.3, -0.25) is 9.59 Å². The number of rotatable bonds is 20. The third kappa shape index (κ3) is 22.3. The average Bonchev–Trinajstić information content (AvgIpc) is 2.78. The van der Waals surface area contributed by atoms with Gasteiger partial charge >= 0.3 is 18.0 Å². The zero-order chi connectivity index (χ0) is 27.5. The molecule has 0 aliphatic carbocycles. The van der Waals surface area contributed by atoms with Crippen molar-refractivity contribution in [1.29, 1.82) is 0 Å². The highest BCUT2D eigenvalue weighted by atomic mass is 32.9. The summed E-state index contributed by atoms with van der Waals surface area (Å²) < 4.78 is 26.8. The highest BCUT2D eigenvalue weighted by molar-refractivity contribution is 8.60. The molecule has 0 saturated heterocycles. The van der Waals surface area contributed by atoms with Crippen molar-refractivity contribution in [2.24, 2.45) is 0 Å². The van der Waals surface area contributed by atoms with Crippen LogP contribution in [0.1, 0.15) is 72.1 Å². The number of carbonyl (C=O) groups excluding carboxylic acids is 3. The second-order valence-corrected chi connectivity index (χ2v) is 14.2. The lowest BCUT2D eigenvalue weighted by molar-refractivity contribution is -0.161. The second kappa shape index (κ2) is 20.1. The Morgan fingerprint density at radius 1 is 0.917 bits per heavy atom. The van der Waals surface area contributed by atoms with E-state index in [1.165, 1.54) is 0 Å². The molecule has 0 saturated carbocycles. The van der Waals surface area contributed by atoms with Crippen LogP contribution in [0.2, 0.25) is 0 Å². The largest absolute Gasteiger partial charge is 0.462 e. The van der Waals surface area contributed by atoms with E-state index in [9.17, 15) is 14.4 Å². The van der Waals surface area contributed by atoms with E-state index < -0.39 is 35.4 Å². The van der Waals surface area contributed by atoms with E-state index in [0.29, 0.717) is 38.5 Å². The summed E-state index contributed by atoms with van der Waals surface area (Å²) in [6, 6.07) is 0. The maximum Gasteiger partial charge on any atom is 0.407 e. The number of carbonyl (C=O) groups is 3. The molecule has 0 rings (SSSR count). The second-order valence-electron chi connectivity index (χ2n) is 8.89. The molecule has 1 amide bonds. The van der Waals surface area contributed by atoms with Crippen LogP contribution in [0.5, 0.6) is 0 Å². The molecule has 0 aliphatic heterocycles. The number of esters is 2. The number of aliphatic hydroxyl groups is 2. The Morgan fingerprint density at radius 3 is 2.06 bits per heavy atom. The normalized spacial score (nSPS) is 13.9. The first kappa shape index (κ1) is 35.0. The van der Waals surface area contributed by atoms with Crippen LogP contribution in [0.4, 0.5) is 4.79 Å². The van der Waals surface area contributed by atoms with Gasteiger partial charge in [0.05, 0.1) is 13.2 Å². The van der Waals surface area contributed by atoms with Crippen LogP contribution in [-0.2, 0) is 44.7 Å². The van der Waals surface area contributed by atoms with Gasteiger partial charge in [-0.25, -0.2) is 4.79 Å². The summed E-state index contributed by atoms with van der Waals surface area (Å²) in [4.78, 5) is 35.8. The summed E-state index contributed by atoms with van der Waals surface area (Å²) in [7, 11) is 0.